The van der Waals surface area contributed by atoms with Crippen LogP contribution in [0.25, 0.3) is 0 Å². The van der Waals surface area contributed by atoms with E-state index in [0.717, 1.165) is 12.8 Å². The Morgan fingerprint density at radius 3 is 2.50 bits per heavy atom. The summed E-state index contributed by atoms with van der Waals surface area (Å²) in [6.07, 6.45) is 1.85. The largest absolute Gasteiger partial charge is 0.504 e. The Morgan fingerprint density at radius 2 is 1.94 bits per heavy atom. The number of carbonyl (C=O) groups excluding carboxylic acids is 1. The normalized spacial score (nSPS) is 16.8. The van der Waals surface area contributed by atoms with E-state index < -0.39 is 0 Å². The molecule has 0 unspecified atom stereocenters. The molecule has 0 radical (unpaired) electrons. The van der Waals surface area contributed by atoms with Crippen molar-refractivity contribution in [3.63, 3.8) is 0 Å². The maximum Gasteiger partial charge on any atom is 0.253 e. The van der Waals surface area contributed by atoms with Gasteiger partial charge in [-0.15, -0.1) is 0 Å². The van der Waals surface area contributed by atoms with Crippen LogP contribution in [0.3, 0.4) is 0 Å². The van der Waals surface area contributed by atoms with Gasteiger partial charge in [-0.3, -0.25) is 4.79 Å². The van der Waals surface area contributed by atoms with Crippen LogP contribution in [0.4, 0.5) is 0 Å². The number of carbonyl (C=O) groups is 1. The lowest BCUT2D eigenvalue weighted by molar-refractivity contribution is 0.0693. The molecule has 98 valence electrons. The minimum atomic E-state index is -0.266. The zero-order valence-electron chi connectivity index (χ0n) is 10.2. The number of nitrogens with zero attached hydrogens (tertiary/aromatic N) is 1. The smallest absolute Gasteiger partial charge is 0.253 e. The van der Waals surface area contributed by atoms with E-state index in [-0.39, 0.29) is 17.4 Å². The zero-order chi connectivity index (χ0) is 13.1. The number of amides is 1. The summed E-state index contributed by atoms with van der Waals surface area (Å²) in [6, 6.07) is 4.15. The van der Waals surface area contributed by atoms with Crippen molar-refractivity contribution >= 4 is 5.91 Å². The van der Waals surface area contributed by atoms with E-state index in [0.29, 0.717) is 31.1 Å². The van der Waals surface area contributed by atoms with E-state index in [1.807, 2.05) is 0 Å². The fourth-order valence-corrected chi connectivity index (χ4v) is 2.21. The molecule has 0 aliphatic carbocycles. The first kappa shape index (κ1) is 12.7. The van der Waals surface area contributed by atoms with Crippen LogP contribution >= 0.6 is 0 Å². The summed E-state index contributed by atoms with van der Waals surface area (Å²) in [6.45, 7) is 2.06. The second-order valence-corrected chi connectivity index (χ2v) is 4.67. The summed E-state index contributed by atoms with van der Waals surface area (Å²) in [4.78, 5) is 13.9. The van der Waals surface area contributed by atoms with Crippen LogP contribution in [0.5, 0.6) is 11.5 Å². The summed E-state index contributed by atoms with van der Waals surface area (Å²) in [7, 11) is 0. The van der Waals surface area contributed by atoms with E-state index in [1.165, 1.54) is 18.2 Å². The van der Waals surface area contributed by atoms with Crippen molar-refractivity contribution in [2.75, 3.05) is 19.6 Å². The van der Waals surface area contributed by atoms with Crippen LogP contribution in [0.1, 0.15) is 23.2 Å². The van der Waals surface area contributed by atoms with Crippen LogP contribution in [0.15, 0.2) is 18.2 Å². The number of nitrogens with two attached hydrogens (primary N) is 1. The fraction of sp³-hybridized carbons (Fsp3) is 0.462. The van der Waals surface area contributed by atoms with Gasteiger partial charge in [-0.1, -0.05) is 0 Å². The van der Waals surface area contributed by atoms with Gasteiger partial charge in [0, 0.05) is 18.7 Å². The standard InChI is InChI=1S/C13H18N2O3/c14-8-9-3-5-15(6-4-9)13(18)10-1-2-11(16)12(17)7-10/h1-2,7,9,16-17H,3-6,8,14H2. The van der Waals surface area contributed by atoms with Gasteiger partial charge in [-0.05, 0) is 43.5 Å². The van der Waals surface area contributed by atoms with E-state index in [4.69, 9.17) is 5.73 Å². The third-order valence-corrected chi connectivity index (χ3v) is 3.46. The summed E-state index contributed by atoms with van der Waals surface area (Å²) < 4.78 is 0. The molecule has 5 nitrogen and oxygen atoms in total. The van der Waals surface area contributed by atoms with E-state index >= 15 is 0 Å². The number of benzene rings is 1. The lowest BCUT2D eigenvalue weighted by Gasteiger charge is -2.31. The highest BCUT2D eigenvalue weighted by Gasteiger charge is 2.23. The number of phenols is 2. The van der Waals surface area contributed by atoms with Crippen LogP contribution < -0.4 is 5.73 Å². The molecular formula is C13H18N2O3. The molecule has 0 aromatic heterocycles. The highest BCUT2D eigenvalue weighted by Crippen LogP contribution is 2.26. The third kappa shape index (κ3) is 2.56. The first-order chi connectivity index (χ1) is 8.61. The van der Waals surface area contributed by atoms with Gasteiger partial charge in [0.25, 0.3) is 5.91 Å². The maximum absolute atomic E-state index is 12.2. The molecule has 5 heteroatoms. The Hall–Kier alpha value is -1.75. The van der Waals surface area contributed by atoms with Crippen molar-refractivity contribution in [2.45, 2.75) is 12.8 Å². The van der Waals surface area contributed by atoms with Crippen molar-refractivity contribution in [3.05, 3.63) is 23.8 Å². The van der Waals surface area contributed by atoms with Gasteiger partial charge >= 0.3 is 0 Å². The molecule has 0 bridgehead atoms. The Bertz CT molecular complexity index is 440. The summed E-state index contributed by atoms with van der Waals surface area (Å²) in [5.41, 5.74) is 6.01. The first-order valence-electron chi connectivity index (χ1n) is 6.13. The second kappa shape index (κ2) is 5.27. The number of likely N-dealkylation sites (tertiary alicyclic amines) is 1. The highest BCUT2D eigenvalue weighted by atomic mass is 16.3. The summed E-state index contributed by atoms with van der Waals surface area (Å²) in [5.74, 6) is -0.0888. The number of piperidine rings is 1. The molecule has 18 heavy (non-hydrogen) atoms. The Morgan fingerprint density at radius 1 is 1.28 bits per heavy atom. The van der Waals surface area contributed by atoms with Gasteiger partial charge in [0.15, 0.2) is 11.5 Å². The molecular weight excluding hydrogens is 232 g/mol. The van der Waals surface area contributed by atoms with Gasteiger partial charge in [0.05, 0.1) is 0 Å². The number of rotatable bonds is 2. The average Bonchev–Trinajstić information content (AvgIpc) is 2.41. The number of phenolic OH excluding ortho intramolecular Hbond substituents is 2. The maximum atomic E-state index is 12.2. The molecule has 4 N–H and O–H groups in total. The van der Waals surface area contributed by atoms with Crippen LogP contribution in [0, 0.1) is 5.92 Å². The summed E-state index contributed by atoms with van der Waals surface area (Å²) in [5, 5.41) is 18.6. The molecule has 1 aromatic rings. The Balaban J connectivity index is 2.05. The average molecular weight is 250 g/mol. The van der Waals surface area contributed by atoms with Gasteiger partial charge in [-0.25, -0.2) is 0 Å². The Labute approximate surface area is 106 Å². The molecule has 1 aliphatic heterocycles. The SMILES string of the molecule is NCC1CCN(C(=O)c2ccc(O)c(O)c2)CC1. The second-order valence-electron chi connectivity index (χ2n) is 4.67. The lowest BCUT2D eigenvalue weighted by atomic mass is 9.96. The van der Waals surface area contributed by atoms with E-state index in [9.17, 15) is 15.0 Å². The van der Waals surface area contributed by atoms with Crippen molar-refractivity contribution in [1.29, 1.82) is 0 Å². The molecule has 1 heterocycles. The number of hydrogen-bond donors (Lipinski definition) is 3. The molecule has 1 saturated heterocycles. The zero-order valence-corrected chi connectivity index (χ0v) is 10.2. The third-order valence-electron chi connectivity index (χ3n) is 3.46. The van der Waals surface area contributed by atoms with Gasteiger partial charge in [-0.2, -0.15) is 0 Å². The van der Waals surface area contributed by atoms with Crippen molar-refractivity contribution < 1.29 is 15.0 Å². The van der Waals surface area contributed by atoms with Gasteiger partial charge in [0.1, 0.15) is 0 Å². The molecule has 2 rings (SSSR count). The van der Waals surface area contributed by atoms with E-state index in [1.54, 1.807) is 4.90 Å². The highest BCUT2D eigenvalue weighted by molar-refractivity contribution is 5.94. The quantitative estimate of drug-likeness (QED) is 0.681. The Kier molecular flexibility index (Phi) is 3.72. The molecule has 0 atom stereocenters. The van der Waals surface area contributed by atoms with Gasteiger partial charge < -0.3 is 20.8 Å². The lowest BCUT2D eigenvalue weighted by Crippen LogP contribution is -2.40. The molecule has 1 aromatic carbocycles. The molecule has 0 saturated carbocycles. The van der Waals surface area contributed by atoms with Crippen LogP contribution in [-0.4, -0.2) is 40.7 Å². The van der Waals surface area contributed by atoms with Crippen molar-refractivity contribution in [3.8, 4) is 11.5 Å². The fourth-order valence-electron chi connectivity index (χ4n) is 2.21. The number of aromatic hydroxyl groups is 2. The van der Waals surface area contributed by atoms with Crippen molar-refractivity contribution in [2.24, 2.45) is 11.7 Å². The topological polar surface area (TPSA) is 86.8 Å². The minimum absolute atomic E-state index is 0.110. The predicted octanol–water partition coefficient (Wildman–Crippen LogP) is 0.909. The molecule has 1 aliphatic rings. The predicted molar refractivity (Wildman–Crippen MR) is 67.5 cm³/mol. The molecule has 0 spiro atoms. The van der Waals surface area contributed by atoms with Crippen LogP contribution in [-0.2, 0) is 0 Å². The van der Waals surface area contributed by atoms with Crippen molar-refractivity contribution in [1.82, 2.24) is 4.90 Å². The van der Waals surface area contributed by atoms with Crippen LogP contribution in [0.2, 0.25) is 0 Å². The monoisotopic (exact) mass is 250 g/mol. The minimum Gasteiger partial charge on any atom is -0.504 e. The number of hydrogen-bond acceptors (Lipinski definition) is 4. The summed E-state index contributed by atoms with van der Waals surface area (Å²) >= 11 is 0. The molecule has 1 fully saturated rings. The molecule has 1 amide bonds. The van der Waals surface area contributed by atoms with E-state index in [2.05, 4.69) is 0 Å². The first-order valence-corrected chi connectivity index (χ1v) is 6.13. The van der Waals surface area contributed by atoms with Gasteiger partial charge in [0.2, 0.25) is 0 Å².